The highest BCUT2D eigenvalue weighted by molar-refractivity contribution is 6.34. The van der Waals surface area contributed by atoms with Crippen LogP contribution < -0.4 is 11.6 Å². The molecule has 3 nitrogen and oxygen atoms in total. The molecule has 0 aromatic heterocycles. The molecular weight excluding hydrogens is 181 g/mol. The molecule has 0 unspecified atom stereocenters. The van der Waals surface area contributed by atoms with E-state index in [-0.39, 0.29) is 10.9 Å². The summed E-state index contributed by atoms with van der Waals surface area (Å²) in [7, 11) is 0. The summed E-state index contributed by atoms with van der Waals surface area (Å²) in [6.45, 7) is 0. The lowest BCUT2D eigenvalue weighted by molar-refractivity contribution is 0.628. The number of nitrogens with two attached hydrogens (primary N) is 2. The molecule has 0 spiro atoms. The van der Waals surface area contributed by atoms with Crippen LogP contribution in [0.4, 0.5) is 4.39 Å². The predicted molar refractivity (Wildman–Crippen MR) is 46.3 cm³/mol. The number of nitrogens with zero attached hydrogens (tertiary/aromatic N) is 1. The standard InChI is InChI=1S/C7H7ClFN3/c8-6-3-4(9)1-2-5(6)7(10)12-11/h1-3H,11H2,(H2,10,12). The van der Waals surface area contributed by atoms with E-state index in [1.54, 1.807) is 0 Å². The Labute approximate surface area is 73.8 Å². The fourth-order valence-electron chi connectivity index (χ4n) is 0.767. The van der Waals surface area contributed by atoms with Crippen molar-refractivity contribution in [2.45, 2.75) is 0 Å². The van der Waals surface area contributed by atoms with E-state index in [1.165, 1.54) is 12.1 Å². The zero-order chi connectivity index (χ0) is 9.14. The van der Waals surface area contributed by atoms with Crippen molar-refractivity contribution in [3.8, 4) is 0 Å². The minimum absolute atomic E-state index is 0.0833. The van der Waals surface area contributed by atoms with E-state index < -0.39 is 5.82 Å². The molecule has 0 saturated heterocycles. The molecule has 0 amide bonds. The van der Waals surface area contributed by atoms with Gasteiger partial charge in [0.25, 0.3) is 0 Å². The Morgan fingerprint density at radius 1 is 1.50 bits per heavy atom. The van der Waals surface area contributed by atoms with E-state index >= 15 is 0 Å². The molecule has 5 heteroatoms. The number of benzene rings is 1. The molecule has 0 heterocycles. The first-order valence-corrected chi connectivity index (χ1v) is 3.51. The average molecular weight is 188 g/mol. The molecule has 0 atom stereocenters. The molecule has 0 radical (unpaired) electrons. The minimum Gasteiger partial charge on any atom is -0.382 e. The Bertz CT molecular complexity index is 324. The normalized spacial score (nSPS) is 11.7. The second kappa shape index (κ2) is 3.40. The van der Waals surface area contributed by atoms with Crippen molar-refractivity contribution < 1.29 is 4.39 Å². The van der Waals surface area contributed by atoms with Gasteiger partial charge >= 0.3 is 0 Å². The molecule has 1 aromatic rings. The highest BCUT2D eigenvalue weighted by atomic mass is 35.5. The maximum atomic E-state index is 12.5. The zero-order valence-corrected chi connectivity index (χ0v) is 6.85. The van der Waals surface area contributed by atoms with Gasteiger partial charge in [0.2, 0.25) is 0 Å². The van der Waals surface area contributed by atoms with E-state index in [0.29, 0.717) is 5.56 Å². The molecule has 0 saturated carbocycles. The molecule has 4 N–H and O–H groups in total. The van der Waals surface area contributed by atoms with E-state index in [2.05, 4.69) is 5.10 Å². The van der Waals surface area contributed by atoms with E-state index in [9.17, 15) is 4.39 Å². The Hall–Kier alpha value is -1.29. The highest BCUT2D eigenvalue weighted by Crippen LogP contribution is 2.16. The first-order chi connectivity index (χ1) is 5.65. The van der Waals surface area contributed by atoms with Crippen molar-refractivity contribution in [2.75, 3.05) is 0 Å². The van der Waals surface area contributed by atoms with Crippen LogP contribution in [0.1, 0.15) is 5.56 Å². The number of hydrogen-bond acceptors (Lipinski definition) is 2. The van der Waals surface area contributed by atoms with Gasteiger partial charge in [-0.2, -0.15) is 5.10 Å². The van der Waals surface area contributed by atoms with E-state index in [0.717, 1.165) is 6.07 Å². The van der Waals surface area contributed by atoms with Gasteiger partial charge in [0.1, 0.15) is 5.82 Å². The summed E-state index contributed by atoms with van der Waals surface area (Å²) >= 11 is 5.65. The highest BCUT2D eigenvalue weighted by Gasteiger charge is 2.04. The van der Waals surface area contributed by atoms with Crippen molar-refractivity contribution in [3.05, 3.63) is 34.6 Å². The third-order valence-corrected chi connectivity index (χ3v) is 1.66. The monoisotopic (exact) mass is 187 g/mol. The molecule has 1 aromatic carbocycles. The lowest BCUT2D eigenvalue weighted by Crippen LogP contribution is -2.15. The Kier molecular flexibility index (Phi) is 2.50. The fourth-order valence-corrected chi connectivity index (χ4v) is 1.03. The van der Waals surface area contributed by atoms with Gasteiger partial charge in [0, 0.05) is 5.56 Å². The summed E-state index contributed by atoms with van der Waals surface area (Å²) in [5.74, 6) is 4.58. The Morgan fingerprint density at radius 2 is 2.17 bits per heavy atom. The average Bonchev–Trinajstić information content (AvgIpc) is 2.03. The van der Waals surface area contributed by atoms with Gasteiger partial charge in [0.15, 0.2) is 5.84 Å². The van der Waals surface area contributed by atoms with Gasteiger partial charge in [-0.25, -0.2) is 4.39 Å². The van der Waals surface area contributed by atoms with Crippen LogP contribution in [-0.2, 0) is 0 Å². The van der Waals surface area contributed by atoms with Crippen molar-refractivity contribution in [1.82, 2.24) is 0 Å². The van der Waals surface area contributed by atoms with Crippen molar-refractivity contribution >= 4 is 17.4 Å². The Balaban J connectivity index is 3.18. The van der Waals surface area contributed by atoms with Crippen molar-refractivity contribution in [1.29, 1.82) is 0 Å². The molecule has 64 valence electrons. The Morgan fingerprint density at radius 3 is 2.67 bits per heavy atom. The maximum Gasteiger partial charge on any atom is 0.151 e. The van der Waals surface area contributed by atoms with Crippen molar-refractivity contribution in [3.63, 3.8) is 0 Å². The first kappa shape index (κ1) is 8.80. The second-order valence-corrected chi connectivity index (χ2v) is 2.55. The number of amidine groups is 1. The van der Waals surface area contributed by atoms with Crippen LogP contribution in [0.2, 0.25) is 5.02 Å². The van der Waals surface area contributed by atoms with Gasteiger partial charge < -0.3 is 11.6 Å². The quantitative estimate of drug-likeness (QED) is 0.299. The summed E-state index contributed by atoms with van der Waals surface area (Å²) in [5.41, 5.74) is 5.79. The summed E-state index contributed by atoms with van der Waals surface area (Å²) < 4.78 is 12.5. The molecule has 0 fully saturated rings. The summed E-state index contributed by atoms with van der Waals surface area (Å²) in [4.78, 5) is 0. The fraction of sp³-hybridized carbons (Fsp3) is 0. The van der Waals surface area contributed by atoms with E-state index in [1.807, 2.05) is 0 Å². The zero-order valence-electron chi connectivity index (χ0n) is 6.09. The van der Waals surface area contributed by atoms with Gasteiger partial charge in [-0.15, -0.1) is 0 Å². The number of hydrogen-bond donors (Lipinski definition) is 2. The number of hydrazone groups is 1. The molecule has 12 heavy (non-hydrogen) atoms. The predicted octanol–water partition coefficient (Wildman–Crippen LogP) is 1.06. The van der Waals surface area contributed by atoms with Crippen LogP contribution in [0, 0.1) is 5.82 Å². The van der Waals surface area contributed by atoms with Crippen molar-refractivity contribution in [2.24, 2.45) is 16.7 Å². The van der Waals surface area contributed by atoms with Gasteiger partial charge in [0.05, 0.1) is 5.02 Å². The maximum absolute atomic E-state index is 12.5. The molecule has 0 bridgehead atoms. The molecule has 0 aliphatic carbocycles. The van der Waals surface area contributed by atoms with Crippen LogP contribution in [0.25, 0.3) is 0 Å². The van der Waals surface area contributed by atoms with Crippen LogP contribution in [-0.4, -0.2) is 5.84 Å². The third-order valence-electron chi connectivity index (χ3n) is 1.35. The molecule has 0 aliphatic rings. The topological polar surface area (TPSA) is 64.4 Å². The lowest BCUT2D eigenvalue weighted by atomic mass is 10.2. The number of halogens is 2. The summed E-state index contributed by atoms with van der Waals surface area (Å²) in [6, 6.07) is 3.80. The smallest absolute Gasteiger partial charge is 0.151 e. The largest absolute Gasteiger partial charge is 0.382 e. The summed E-state index contributed by atoms with van der Waals surface area (Å²) in [6.07, 6.45) is 0. The van der Waals surface area contributed by atoms with Crippen LogP contribution in [0.5, 0.6) is 0 Å². The van der Waals surface area contributed by atoms with Crippen LogP contribution in [0.15, 0.2) is 23.3 Å². The molecule has 1 rings (SSSR count). The number of rotatable bonds is 1. The SMILES string of the molecule is N/N=C(\N)c1ccc(F)cc1Cl. The van der Waals surface area contributed by atoms with Gasteiger partial charge in [-0.1, -0.05) is 11.6 Å². The van der Waals surface area contributed by atoms with Gasteiger partial charge in [-0.05, 0) is 18.2 Å². The first-order valence-electron chi connectivity index (χ1n) is 3.14. The second-order valence-electron chi connectivity index (χ2n) is 2.14. The van der Waals surface area contributed by atoms with Gasteiger partial charge in [-0.3, -0.25) is 0 Å². The minimum atomic E-state index is -0.423. The molecular formula is C7H7ClFN3. The van der Waals surface area contributed by atoms with Crippen LogP contribution in [0.3, 0.4) is 0 Å². The van der Waals surface area contributed by atoms with E-state index in [4.69, 9.17) is 23.2 Å². The summed E-state index contributed by atoms with van der Waals surface area (Å²) in [5, 5.41) is 3.43. The van der Waals surface area contributed by atoms with Crippen LogP contribution >= 0.6 is 11.6 Å². The third kappa shape index (κ3) is 1.65. The molecule has 0 aliphatic heterocycles. The lowest BCUT2D eigenvalue weighted by Gasteiger charge is -2.01.